The Kier molecular flexibility index (Phi) is 5.22. The van der Waals surface area contributed by atoms with E-state index in [0.717, 1.165) is 12.8 Å². The first-order chi connectivity index (χ1) is 9.08. The lowest BCUT2D eigenvalue weighted by atomic mass is 9.70. The van der Waals surface area contributed by atoms with Gasteiger partial charge in [-0.2, -0.15) is 0 Å². The van der Waals surface area contributed by atoms with Crippen LogP contribution in [0.5, 0.6) is 0 Å². The molecule has 1 fully saturated rings. The summed E-state index contributed by atoms with van der Waals surface area (Å²) in [5.41, 5.74) is -1.41. The van der Waals surface area contributed by atoms with Crippen LogP contribution in [-0.2, 0) is 14.3 Å². The lowest BCUT2D eigenvalue weighted by Crippen LogP contribution is -2.44. The van der Waals surface area contributed by atoms with E-state index >= 15 is 0 Å². The van der Waals surface area contributed by atoms with Crippen molar-refractivity contribution in [3.63, 3.8) is 0 Å². The van der Waals surface area contributed by atoms with E-state index in [1.807, 2.05) is 34.6 Å². The maximum atomic E-state index is 12.6. The molecular weight excluding hydrogens is 256 g/mol. The third-order valence-electron chi connectivity index (χ3n) is 3.97. The Morgan fingerprint density at radius 3 is 2.05 bits per heavy atom. The number of hydrogen-bond donors (Lipinski definition) is 1. The summed E-state index contributed by atoms with van der Waals surface area (Å²) in [6.45, 7) is 9.46. The molecule has 1 aliphatic rings. The molecule has 0 radical (unpaired) electrons. The zero-order valence-electron chi connectivity index (χ0n) is 13.4. The maximum Gasteiger partial charge on any atom is 0.313 e. The number of carboxylic acid groups (broad SMARTS) is 1. The molecule has 4 heteroatoms. The van der Waals surface area contributed by atoms with Gasteiger partial charge in [-0.15, -0.1) is 0 Å². The average molecular weight is 284 g/mol. The topological polar surface area (TPSA) is 63.6 Å². The fourth-order valence-corrected chi connectivity index (χ4v) is 3.11. The number of esters is 1. The Morgan fingerprint density at radius 1 is 1.20 bits per heavy atom. The Morgan fingerprint density at radius 2 is 1.70 bits per heavy atom. The number of aliphatic carboxylic acids is 1. The summed E-state index contributed by atoms with van der Waals surface area (Å²) in [5.74, 6) is -1.59. The van der Waals surface area contributed by atoms with Crippen LogP contribution in [0.15, 0.2) is 0 Å². The summed E-state index contributed by atoms with van der Waals surface area (Å²) in [7, 11) is 0. The molecule has 0 spiro atoms. The number of ether oxygens (including phenoxy) is 1. The van der Waals surface area contributed by atoms with Crippen molar-refractivity contribution >= 4 is 11.9 Å². The maximum absolute atomic E-state index is 12.6. The predicted octanol–water partition coefficient (Wildman–Crippen LogP) is 3.64. The van der Waals surface area contributed by atoms with Gasteiger partial charge in [-0.3, -0.25) is 9.59 Å². The summed E-state index contributed by atoms with van der Waals surface area (Å²) in [4.78, 5) is 24.3. The third kappa shape index (κ3) is 3.97. The molecule has 0 heterocycles. The molecule has 1 unspecified atom stereocenters. The van der Waals surface area contributed by atoms with Gasteiger partial charge in [-0.25, -0.2) is 0 Å². The van der Waals surface area contributed by atoms with E-state index in [1.165, 1.54) is 0 Å². The van der Waals surface area contributed by atoms with Crippen molar-refractivity contribution in [1.29, 1.82) is 0 Å². The quantitative estimate of drug-likeness (QED) is 0.783. The van der Waals surface area contributed by atoms with Gasteiger partial charge in [-0.1, -0.05) is 26.7 Å². The second-order valence-corrected chi connectivity index (χ2v) is 7.39. The molecule has 1 atom stereocenters. The molecule has 1 saturated carbocycles. The van der Waals surface area contributed by atoms with Gasteiger partial charge >= 0.3 is 11.9 Å². The predicted molar refractivity (Wildman–Crippen MR) is 77.3 cm³/mol. The highest BCUT2D eigenvalue weighted by Gasteiger charge is 2.52. The molecular formula is C16H28O4. The monoisotopic (exact) mass is 284 g/mol. The first-order valence-electron chi connectivity index (χ1n) is 7.55. The van der Waals surface area contributed by atoms with E-state index < -0.39 is 22.9 Å². The van der Waals surface area contributed by atoms with Crippen LogP contribution in [0.2, 0.25) is 0 Å². The van der Waals surface area contributed by atoms with Crippen molar-refractivity contribution in [1.82, 2.24) is 0 Å². The lowest BCUT2D eigenvalue weighted by Gasteiger charge is -2.36. The molecule has 0 aliphatic heterocycles. The van der Waals surface area contributed by atoms with Gasteiger partial charge in [0.05, 0.1) is 11.3 Å². The van der Waals surface area contributed by atoms with E-state index in [0.29, 0.717) is 19.3 Å². The Bertz CT molecular complexity index is 359. The van der Waals surface area contributed by atoms with Gasteiger partial charge in [0, 0.05) is 0 Å². The highest BCUT2D eigenvalue weighted by Crippen LogP contribution is 2.48. The Labute approximate surface area is 121 Å². The van der Waals surface area contributed by atoms with Gasteiger partial charge in [0.2, 0.25) is 0 Å². The Hall–Kier alpha value is -1.06. The molecule has 0 saturated heterocycles. The molecule has 20 heavy (non-hydrogen) atoms. The van der Waals surface area contributed by atoms with E-state index in [1.54, 1.807) is 0 Å². The smallest absolute Gasteiger partial charge is 0.313 e. The number of hydrogen-bond acceptors (Lipinski definition) is 3. The normalized spacial score (nSPS) is 19.9. The number of carbonyl (C=O) groups excluding carboxylic acids is 1. The second kappa shape index (κ2) is 6.15. The van der Waals surface area contributed by atoms with Gasteiger partial charge in [-0.05, 0) is 46.0 Å². The number of rotatable bonds is 5. The molecule has 0 aromatic heterocycles. The molecule has 0 aromatic rings. The van der Waals surface area contributed by atoms with Gasteiger partial charge < -0.3 is 9.84 Å². The van der Waals surface area contributed by atoms with Gasteiger partial charge in [0.15, 0.2) is 0 Å². The van der Waals surface area contributed by atoms with Crippen LogP contribution < -0.4 is 0 Å². The zero-order chi connectivity index (χ0) is 15.6. The van der Waals surface area contributed by atoms with Crippen LogP contribution in [0, 0.1) is 17.3 Å². The van der Waals surface area contributed by atoms with E-state index in [4.69, 9.17) is 4.74 Å². The molecule has 0 aromatic carbocycles. The SMILES string of the molecule is CC(C)CC(C(=O)O)C1(C(=O)OC(C)(C)C)CCCC1. The van der Waals surface area contributed by atoms with Crippen molar-refractivity contribution in [2.75, 3.05) is 0 Å². The van der Waals surface area contributed by atoms with E-state index in [-0.39, 0.29) is 11.9 Å². The summed E-state index contributed by atoms with van der Waals surface area (Å²) in [6.07, 6.45) is 3.59. The number of carboxylic acids is 1. The summed E-state index contributed by atoms with van der Waals surface area (Å²) in [5, 5.41) is 9.59. The molecule has 0 bridgehead atoms. The van der Waals surface area contributed by atoms with Crippen LogP contribution >= 0.6 is 0 Å². The highest BCUT2D eigenvalue weighted by atomic mass is 16.6. The van der Waals surface area contributed by atoms with Crippen molar-refractivity contribution in [2.45, 2.75) is 72.3 Å². The first-order valence-corrected chi connectivity index (χ1v) is 7.55. The fourth-order valence-electron chi connectivity index (χ4n) is 3.11. The Balaban J connectivity index is 3.05. The van der Waals surface area contributed by atoms with E-state index in [9.17, 15) is 14.7 Å². The van der Waals surface area contributed by atoms with Crippen LogP contribution in [0.4, 0.5) is 0 Å². The standard InChI is InChI=1S/C16H28O4/c1-11(2)10-12(13(17)18)16(8-6-7-9-16)14(19)20-15(3,4)5/h11-12H,6-10H2,1-5H3,(H,17,18). The minimum atomic E-state index is -0.869. The average Bonchev–Trinajstić information content (AvgIpc) is 2.72. The first kappa shape index (κ1) is 17.0. The van der Waals surface area contributed by atoms with Crippen molar-refractivity contribution in [2.24, 2.45) is 17.3 Å². The highest BCUT2D eigenvalue weighted by molar-refractivity contribution is 5.85. The molecule has 0 amide bonds. The van der Waals surface area contributed by atoms with Crippen molar-refractivity contribution < 1.29 is 19.4 Å². The van der Waals surface area contributed by atoms with Crippen LogP contribution in [0.3, 0.4) is 0 Å². The minimum Gasteiger partial charge on any atom is -0.481 e. The van der Waals surface area contributed by atoms with Crippen LogP contribution in [-0.4, -0.2) is 22.6 Å². The fraction of sp³-hybridized carbons (Fsp3) is 0.875. The number of carbonyl (C=O) groups is 2. The van der Waals surface area contributed by atoms with Crippen LogP contribution in [0.25, 0.3) is 0 Å². The lowest BCUT2D eigenvalue weighted by molar-refractivity contribution is -0.177. The molecule has 116 valence electrons. The minimum absolute atomic E-state index is 0.246. The molecule has 1 rings (SSSR count). The largest absolute Gasteiger partial charge is 0.481 e. The van der Waals surface area contributed by atoms with Crippen molar-refractivity contribution in [3.8, 4) is 0 Å². The van der Waals surface area contributed by atoms with Gasteiger partial charge in [0.25, 0.3) is 0 Å². The van der Waals surface area contributed by atoms with Gasteiger partial charge in [0.1, 0.15) is 5.60 Å². The molecule has 4 nitrogen and oxygen atoms in total. The summed E-state index contributed by atoms with van der Waals surface area (Å²) >= 11 is 0. The van der Waals surface area contributed by atoms with Crippen molar-refractivity contribution in [3.05, 3.63) is 0 Å². The summed E-state index contributed by atoms with van der Waals surface area (Å²) < 4.78 is 5.54. The molecule has 1 aliphatic carbocycles. The second-order valence-electron chi connectivity index (χ2n) is 7.39. The summed E-state index contributed by atoms with van der Waals surface area (Å²) in [6, 6.07) is 0. The zero-order valence-corrected chi connectivity index (χ0v) is 13.4. The third-order valence-corrected chi connectivity index (χ3v) is 3.97. The van der Waals surface area contributed by atoms with E-state index in [2.05, 4.69) is 0 Å². The molecule has 1 N–H and O–H groups in total. The van der Waals surface area contributed by atoms with Crippen LogP contribution in [0.1, 0.15) is 66.7 Å².